The van der Waals surface area contributed by atoms with Gasteiger partial charge in [0, 0.05) is 24.1 Å². The molecule has 2 amide bonds. The van der Waals surface area contributed by atoms with E-state index in [4.69, 9.17) is 0 Å². The first-order chi connectivity index (χ1) is 12.0. The van der Waals surface area contributed by atoms with E-state index in [-0.39, 0.29) is 11.8 Å². The Balaban J connectivity index is 1.79. The van der Waals surface area contributed by atoms with Crippen molar-refractivity contribution in [3.05, 3.63) is 51.9 Å². The molecule has 0 saturated carbocycles. The fourth-order valence-corrected chi connectivity index (χ4v) is 4.40. The third kappa shape index (κ3) is 5.61. The normalized spacial score (nSPS) is 10.5. The largest absolute Gasteiger partial charge is 0.355 e. The lowest BCUT2D eigenvalue weighted by molar-refractivity contribution is -0.116. The minimum absolute atomic E-state index is 0.0354. The predicted molar refractivity (Wildman–Crippen MR) is 108 cm³/mol. The van der Waals surface area contributed by atoms with Crippen molar-refractivity contribution in [3.63, 3.8) is 0 Å². The standard InChI is InChI=1S/C19H24N2O2S2/c1-13-14(2)25-19(17(13)18(23)20-3)21-16(22)10-7-11-24-12-15-8-5-4-6-9-15/h4-6,8-9H,7,10-12H2,1-3H3,(H,20,23)(H,21,22). The monoisotopic (exact) mass is 376 g/mol. The number of aryl methyl sites for hydroxylation is 1. The second kappa shape index (κ2) is 9.63. The number of rotatable bonds is 8. The summed E-state index contributed by atoms with van der Waals surface area (Å²) in [5.74, 6) is 1.71. The maximum atomic E-state index is 12.2. The molecule has 0 bridgehead atoms. The molecule has 25 heavy (non-hydrogen) atoms. The molecule has 0 aliphatic carbocycles. The lowest BCUT2D eigenvalue weighted by Crippen LogP contribution is -2.21. The van der Waals surface area contributed by atoms with Gasteiger partial charge in [0.05, 0.1) is 5.56 Å². The molecule has 0 spiro atoms. The molecule has 6 heteroatoms. The highest BCUT2D eigenvalue weighted by Crippen LogP contribution is 2.32. The zero-order chi connectivity index (χ0) is 18.2. The summed E-state index contributed by atoms with van der Waals surface area (Å²) in [6.45, 7) is 3.87. The number of amides is 2. The van der Waals surface area contributed by atoms with E-state index < -0.39 is 0 Å². The third-order valence-electron chi connectivity index (χ3n) is 3.90. The molecular weight excluding hydrogens is 352 g/mol. The average Bonchev–Trinajstić information content (AvgIpc) is 2.88. The average molecular weight is 377 g/mol. The fraction of sp³-hybridized carbons (Fsp3) is 0.368. The number of hydrogen-bond acceptors (Lipinski definition) is 4. The Labute approximate surface area is 157 Å². The molecule has 0 saturated heterocycles. The molecule has 0 aliphatic rings. The van der Waals surface area contributed by atoms with E-state index in [1.165, 1.54) is 16.9 Å². The minimum atomic E-state index is -0.157. The van der Waals surface area contributed by atoms with Crippen molar-refractivity contribution < 1.29 is 9.59 Å². The quantitative estimate of drug-likeness (QED) is 0.672. The molecule has 2 N–H and O–H groups in total. The number of nitrogens with one attached hydrogen (secondary N) is 2. The molecule has 0 atom stereocenters. The van der Waals surface area contributed by atoms with Crippen molar-refractivity contribution in [1.29, 1.82) is 0 Å². The Bertz CT molecular complexity index is 727. The first kappa shape index (κ1) is 19.5. The lowest BCUT2D eigenvalue weighted by Gasteiger charge is -2.07. The van der Waals surface area contributed by atoms with Gasteiger partial charge in [-0.2, -0.15) is 11.8 Å². The van der Waals surface area contributed by atoms with E-state index in [9.17, 15) is 9.59 Å². The Hall–Kier alpha value is -1.79. The van der Waals surface area contributed by atoms with Gasteiger partial charge >= 0.3 is 0 Å². The molecule has 1 heterocycles. The van der Waals surface area contributed by atoms with Gasteiger partial charge in [-0.25, -0.2) is 0 Å². The summed E-state index contributed by atoms with van der Waals surface area (Å²) in [5.41, 5.74) is 2.81. The Morgan fingerprint density at radius 2 is 1.88 bits per heavy atom. The molecule has 4 nitrogen and oxygen atoms in total. The summed E-state index contributed by atoms with van der Waals surface area (Å²) in [6, 6.07) is 10.3. The smallest absolute Gasteiger partial charge is 0.254 e. The van der Waals surface area contributed by atoms with Gasteiger partial charge in [-0.15, -0.1) is 11.3 Å². The highest BCUT2D eigenvalue weighted by molar-refractivity contribution is 7.98. The van der Waals surface area contributed by atoms with Gasteiger partial charge in [0.1, 0.15) is 5.00 Å². The molecule has 2 aromatic rings. The summed E-state index contributed by atoms with van der Waals surface area (Å²) in [7, 11) is 1.60. The van der Waals surface area contributed by atoms with Crippen LogP contribution >= 0.6 is 23.1 Å². The van der Waals surface area contributed by atoms with Crippen LogP contribution in [0.3, 0.4) is 0 Å². The highest BCUT2D eigenvalue weighted by Gasteiger charge is 2.19. The molecule has 134 valence electrons. The lowest BCUT2D eigenvalue weighted by atomic mass is 10.1. The van der Waals surface area contributed by atoms with Crippen molar-refractivity contribution in [2.45, 2.75) is 32.4 Å². The van der Waals surface area contributed by atoms with Gasteiger partial charge in [0.15, 0.2) is 0 Å². The van der Waals surface area contributed by atoms with Crippen LogP contribution in [0.25, 0.3) is 0 Å². The number of thiophene rings is 1. The molecule has 1 aromatic carbocycles. The van der Waals surface area contributed by atoms with Crippen LogP contribution in [0.1, 0.15) is 39.2 Å². The molecule has 0 fully saturated rings. The van der Waals surface area contributed by atoms with Crippen LogP contribution in [-0.4, -0.2) is 24.6 Å². The van der Waals surface area contributed by atoms with Crippen molar-refractivity contribution in [1.82, 2.24) is 5.32 Å². The number of hydrogen-bond donors (Lipinski definition) is 2. The molecule has 2 rings (SSSR count). The van der Waals surface area contributed by atoms with Crippen LogP contribution in [0.2, 0.25) is 0 Å². The number of anilines is 1. The summed E-state index contributed by atoms with van der Waals surface area (Å²) < 4.78 is 0. The summed E-state index contributed by atoms with van der Waals surface area (Å²) >= 11 is 3.29. The van der Waals surface area contributed by atoms with Gasteiger partial charge < -0.3 is 10.6 Å². The molecule has 0 aliphatic heterocycles. The van der Waals surface area contributed by atoms with Gasteiger partial charge in [-0.1, -0.05) is 30.3 Å². The zero-order valence-electron chi connectivity index (χ0n) is 14.8. The Kier molecular flexibility index (Phi) is 7.52. The number of thioether (sulfide) groups is 1. The van der Waals surface area contributed by atoms with Crippen molar-refractivity contribution >= 4 is 39.9 Å². The predicted octanol–water partition coefficient (Wildman–Crippen LogP) is 4.38. The summed E-state index contributed by atoms with van der Waals surface area (Å²) in [4.78, 5) is 25.3. The Morgan fingerprint density at radius 1 is 1.16 bits per heavy atom. The topological polar surface area (TPSA) is 58.2 Å². The minimum Gasteiger partial charge on any atom is -0.355 e. The SMILES string of the molecule is CNC(=O)c1c(NC(=O)CCCSCc2ccccc2)sc(C)c1C. The highest BCUT2D eigenvalue weighted by atomic mass is 32.2. The van der Waals surface area contributed by atoms with Crippen LogP contribution < -0.4 is 10.6 Å². The summed E-state index contributed by atoms with van der Waals surface area (Å²) in [5, 5.41) is 6.19. The van der Waals surface area contributed by atoms with Crippen molar-refractivity contribution in [3.8, 4) is 0 Å². The van der Waals surface area contributed by atoms with Crippen LogP contribution in [0.15, 0.2) is 30.3 Å². The first-order valence-electron chi connectivity index (χ1n) is 8.26. The van der Waals surface area contributed by atoms with Gasteiger partial charge in [0.25, 0.3) is 5.91 Å². The van der Waals surface area contributed by atoms with Crippen molar-refractivity contribution in [2.75, 3.05) is 18.1 Å². The van der Waals surface area contributed by atoms with E-state index >= 15 is 0 Å². The number of benzene rings is 1. The van der Waals surface area contributed by atoms with E-state index in [0.29, 0.717) is 17.0 Å². The van der Waals surface area contributed by atoms with Crippen LogP contribution in [0.5, 0.6) is 0 Å². The maximum absolute atomic E-state index is 12.2. The first-order valence-corrected chi connectivity index (χ1v) is 10.2. The van der Waals surface area contributed by atoms with Crippen molar-refractivity contribution in [2.24, 2.45) is 0 Å². The third-order valence-corrected chi connectivity index (χ3v) is 6.13. The van der Waals surface area contributed by atoms with Crippen LogP contribution in [0, 0.1) is 13.8 Å². The van der Waals surface area contributed by atoms with Gasteiger partial charge in [-0.3, -0.25) is 9.59 Å². The van der Waals surface area contributed by atoms with Gasteiger partial charge in [-0.05, 0) is 37.1 Å². The number of carbonyl (C=O) groups excluding carboxylic acids is 2. The van der Waals surface area contributed by atoms with E-state index in [1.54, 1.807) is 7.05 Å². The van der Waals surface area contributed by atoms with E-state index in [2.05, 4.69) is 22.8 Å². The Morgan fingerprint density at radius 3 is 2.56 bits per heavy atom. The zero-order valence-corrected chi connectivity index (χ0v) is 16.5. The molecule has 1 aromatic heterocycles. The summed E-state index contributed by atoms with van der Waals surface area (Å²) in [6.07, 6.45) is 1.28. The second-order valence-electron chi connectivity index (χ2n) is 5.76. The fourth-order valence-electron chi connectivity index (χ4n) is 2.40. The van der Waals surface area contributed by atoms with E-state index in [0.717, 1.165) is 28.4 Å². The molecule has 0 radical (unpaired) electrons. The van der Waals surface area contributed by atoms with Gasteiger partial charge in [0.2, 0.25) is 5.91 Å². The maximum Gasteiger partial charge on any atom is 0.254 e. The van der Waals surface area contributed by atoms with E-state index in [1.807, 2.05) is 43.8 Å². The van der Waals surface area contributed by atoms with Crippen LogP contribution in [0.4, 0.5) is 5.00 Å². The molecular formula is C19H24N2O2S2. The van der Waals surface area contributed by atoms with Crippen LogP contribution in [-0.2, 0) is 10.5 Å². The second-order valence-corrected chi connectivity index (χ2v) is 8.09. The number of carbonyl (C=O) groups is 2. The molecule has 0 unspecified atom stereocenters.